The average Bonchev–Trinajstić information content (AvgIpc) is 2.27. The zero-order chi connectivity index (χ0) is 11.7. The molecule has 0 saturated carbocycles. The molecule has 1 unspecified atom stereocenters. The van der Waals surface area contributed by atoms with Gasteiger partial charge in [-0.25, -0.2) is 0 Å². The van der Waals surface area contributed by atoms with Crippen LogP contribution in [0.15, 0.2) is 18.2 Å². The minimum Gasteiger partial charge on any atom is -0.394 e. The number of fused-ring (bicyclic) bond motifs is 1. The summed E-state index contributed by atoms with van der Waals surface area (Å²) in [7, 11) is 0. The molecule has 0 bridgehead atoms. The molecule has 1 amide bonds. The topological polar surface area (TPSA) is 52.6 Å². The summed E-state index contributed by atoms with van der Waals surface area (Å²) in [4.78, 5) is 13.4. The van der Waals surface area contributed by atoms with Crippen LogP contribution in [0.1, 0.15) is 12.5 Å². The first-order chi connectivity index (χ1) is 7.61. The van der Waals surface area contributed by atoms with Crippen LogP contribution < -0.4 is 10.2 Å². The molecule has 4 heteroatoms. The van der Waals surface area contributed by atoms with E-state index in [-0.39, 0.29) is 18.6 Å². The van der Waals surface area contributed by atoms with Crippen LogP contribution in [0, 0.1) is 6.92 Å². The van der Waals surface area contributed by atoms with Crippen LogP contribution in [-0.2, 0) is 4.79 Å². The molecule has 1 aliphatic rings. The van der Waals surface area contributed by atoms with Crippen LogP contribution >= 0.6 is 0 Å². The summed E-state index contributed by atoms with van der Waals surface area (Å²) >= 11 is 0. The van der Waals surface area contributed by atoms with Crippen molar-refractivity contribution < 1.29 is 9.90 Å². The van der Waals surface area contributed by atoms with E-state index in [1.54, 1.807) is 0 Å². The van der Waals surface area contributed by atoms with Crippen molar-refractivity contribution in [3.63, 3.8) is 0 Å². The molecule has 0 saturated heterocycles. The van der Waals surface area contributed by atoms with Gasteiger partial charge in [-0.3, -0.25) is 4.79 Å². The van der Waals surface area contributed by atoms with Gasteiger partial charge in [0.25, 0.3) is 0 Å². The normalized spacial score (nSPS) is 16.7. The van der Waals surface area contributed by atoms with E-state index < -0.39 is 0 Å². The number of aliphatic hydroxyl groups excluding tert-OH is 1. The van der Waals surface area contributed by atoms with E-state index in [1.807, 2.05) is 36.9 Å². The zero-order valence-electron chi connectivity index (χ0n) is 9.53. The summed E-state index contributed by atoms with van der Waals surface area (Å²) in [6, 6.07) is 5.85. The molecule has 1 aromatic carbocycles. The van der Waals surface area contributed by atoms with E-state index in [0.717, 1.165) is 16.9 Å². The maximum Gasteiger partial charge on any atom is 0.243 e. The first kappa shape index (κ1) is 11.0. The number of aryl methyl sites for hydroxylation is 1. The minimum absolute atomic E-state index is 0.0309. The van der Waals surface area contributed by atoms with Crippen LogP contribution in [0.4, 0.5) is 11.4 Å². The quantitative estimate of drug-likeness (QED) is 0.785. The average molecular weight is 220 g/mol. The second-order valence-electron chi connectivity index (χ2n) is 4.23. The number of hydrogen-bond acceptors (Lipinski definition) is 3. The first-order valence-electron chi connectivity index (χ1n) is 5.40. The van der Waals surface area contributed by atoms with E-state index in [2.05, 4.69) is 5.32 Å². The number of aliphatic hydroxyl groups is 1. The number of hydrogen-bond donors (Lipinski definition) is 2. The third-order valence-corrected chi connectivity index (χ3v) is 2.85. The Morgan fingerprint density at radius 2 is 2.31 bits per heavy atom. The third kappa shape index (κ3) is 1.88. The van der Waals surface area contributed by atoms with Crippen molar-refractivity contribution in [3.05, 3.63) is 23.8 Å². The maximum absolute atomic E-state index is 11.5. The molecule has 2 rings (SSSR count). The molecule has 1 atom stereocenters. The molecule has 1 aliphatic heterocycles. The van der Waals surface area contributed by atoms with E-state index in [4.69, 9.17) is 0 Å². The van der Waals surface area contributed by atoms with E-state index in [0.29, 0.717) is 6.54 Å². The molecule has 2 N–H and O–H groups in total. The standard InChI is InChI=1S/C12H16N2O2/c1-8-3-4-10-11(5-8)14(9(2)7-15)6-12(16)13-10/h3-5,9,15H,6-7H2,1-2H3,(H,13,16). The van der Waals surface area contributed by atoms with Crippen molar-refractivity contribution >= 4 is 17.3 Å². The Morgan fingerprint density at radius 1 is 1.56 bits per heavy atom. The van der Waals surface area contributed by atoms with E-state index in [1.165, 1.54) is 0 Å². The Hall–Kier alpha value is -1.55. The Kier molecular flexibility index (Phi) is 2.83. The third-order valence-electron chi connectivity index (χ3n) is 2.85. The van der Waals surface area contributed by atoms with Crippen molar-refractivity contribution in [3.8, 4) is 0 Å². The number of amides is 1. The highest BCUT2D eigenvalue weighted by Gasteiger charge is 2.25. The van der Waals surface area contributed by atoms with Gasteiger partial charge in [0.05, 0.1) is 24.5 Å². The van der Waals surface area contributed by atoms with Gasteiger partial charge in [-0.05, 0) is 31.5 Å². The van der Waals surface area contributed by atoms with Gasteiger partial charge < -0.3 is 15.3 Å². The molecule has 1 aromatic rings. The molecular weight excluding hydrogens is 204 g/mol. The molecule has 0 fully saturated rings. The van der Waals surface area contributed by atoms with Crippen molar-refractivity contribution in [1.29, 1.82) is 0 Å². The molecule has 1 heterocycles. The lowest BCUT2D eigenvalue weighted by Crippen LogP contribution is -2.44. The monoisotopic (exact) mass is 220 g/mol. The zero-order valence-corrected chi connectivity index (χ0v) is 9.53. The lowest BCUT2D eigenvalue weighted by molar-refractivity contribution is -0.115. The van der Waals surface area contributed by atoms with Gasteiger partial charge in [0.15, 0.2) is 0 Å². The molecule has 0 radical (unpaired) electrons. The highest BCUT2D eigenvalue weighted by atomic mass is 16.3. The summed E-state index contributed by atoms with van der Waals surface area (Å²) in [6.45, 7) is 4.27. The molecule has 0 spiro atoms. The van der Waals surface area contributed by atoms with Crippen molar-refractivity contribution in [1.82, 2.24) is 0 Å². The largest absolute Gasteiger partial charge is 0.394 e. The first-order valence-corrected chi connectivity index (χ1v) is 5.40. The van der Waals surface area contributed by atoms with E-state index >= 15 is 0 Å². The SMILES string of the molecule is Cc1ccc2c(c1)N(C(C)CO)CC(=O)N2. The molecule has 4 nitrogen and oxygen atoms in total. The van der Waals surface area contributed by atoms with Crippen molar-refractivity contribution in [2.75, 3.05) is 23.4 Å². The molecule has 16 heavy (non-hydrogen) atoms. The fourth-order valence-electron chi connectivity index (χ4n) is 1.91. The van der Waals surface area contributed by atoms with Crippen LogP contribution in [0.5, 0.6) is 0 Å². The molecular formula is C12H16N2O2. The summed E-state index contributed by atoms with van der Waals surface area (Å²) in [5, 5.41) is 12.0. The summed E-state index contributed by atoms with van der Waals surface area (Å²) in [5.41, 5.74) is 2.95. The van der Waals surface area contributed by atoms with Gasteiger partial charge in [0.1, 0.15) is 0 Å². The van der Waals surface area contributed by atoms with Crippen molar-refractivity contribution in [2.24, 2.45) is 0 Å². The van der Waals surface area contributed by atoms with Crippen LogP contribution in [0.2, 0.25) is 0 Å². The molecule has 0 aliphatic carbocycles. The summed E-state index contributed by atoms with van der Waals surface area (Å²) in [6.07, 6.45) is 0. The summed E-state index contributed by atoms with van der Waals surface area (Å²) < 4.78 is 0. The van der Waals surface area contributed by atoms with Gasteiger partial charge in [-0.15, -0.1) is 0 Å². The maximum atomic E-state index is 11.5. The number of anilines is 2. The predicted octanol–water partition coefficient (Wildman–Crippen LogP) is 1.13. The van der Waals surface area contributed by atoms with Crippen LogP contribution in [0.25, 0.3) is 0 Å². The van der Waals surface area contributed by atoms with Crippen LogP contribution in [0.3, 0.4) is 0 Å². The Morgan fingerprint density at radius 3 is 3.00 bits per heavy atom. The van der Waals surface area contributed by atoms with Gasteiger partial charge in [-0.1, -0.05) is 6.07 Å². The van der Waals surface area contributed by atoms with Crippen LogP contribution in [-0.4, -0.2) is 30.2 Å². The number of carbonyl (C=O) groups is 1. The summed E-state index contributed by atoms with van der Waals surface area (Å²) in [5.74, 6) is -0.0309. The number of carbonyl (C=O) groups excluding carboxylic acids is 1. The number of nitrogens with zero attached hydrogens (tertiary/aromatic N) is 1. The number of benzene rings is 1. The fraction of sp³-hybridized carbons (Fsp3) is 0.417. The Bertz CT molecular complexity index is 417. The highest BCUT2D eigenvalue weighted by molar-refractivity contribution is 6.01. The Labute approximate surface area is 94.9 Å². The predicted molar refractivity (Wildman–Crippen MR) is 63.7 cm³/mol. The van der Waals surface area contributed by atoms with Gasteiger partial charge in [0.2, 0.25) is 5.91 Å². The molecule has 86 valence electrons. The van der Waals surface area contributed by atoms with Gasteiger partial charge >= 0.3 is 0 Å². The second kappa shape index (κ2) is 4.14. The minimum atomic E-state index is -0.0494. The second-order valence-corrected chi connectivity index (χ2v) is 4.23. The highest BCUT2D eigenvalue weighted by Crippen LogP contribution is 2.31. The Balaban J connectivity index is 2.43. The van der Waals surface area contributed by atoms with Crippen molar-refractivity contribution in [2.45, 2.75) is 19.9 Å². The number of nitrogens with one attached hydrogen (secondary N) is 1. The van der Waals surface area contributed by atoms with E-state index in [9.17, 15) is 9.90 Å². The van der Waals surface area contributed by atoms with Gasteiger partial charge in [-0.2, -0.15) is 0 Å². The number of rotatable bonds is 2. The smallest absolute Gasteiger partial charge is 0.243 e. The lowest BCUT2D eigenvalue weighted by Gasteiger charge is -2.35. The fourth-order valence-corrected chi connectivity index (χ4v) is 1.91. The lowest BCUT2D eigenvalue weighted by atomic mass is 10.1. The molecule has 0 aromatic heterocycles. The van der Waals surface area contributed by atoms with Gasteiger partial charge in [0, 0.05) is 6.04 Å².